The summed E-state index contributed by atoms with van der Waals surface area (Å²) in [6.07, 6.45) is 3.38. The van der Waals surface area contributed by atoms with E-state index in [-0.39, 0.29) is 11.3 Å². The number of rotatable bonds is 7. The number of nitrogens with zero attached hydrogens (tertiary/aromatic N) is 6. The molecule has 2 aromatic rings. The van der Waals surface area contributed by atoms with Crippen LogP contribution in [-0.2, 0) is 4.79 Å². The Morgan fingerprint density at radius 1 is 1.13 bits per heavy atom. The van der Waals surface area contributed by atoms with Crippen LogP contribution in [0.4, 0.5) is 11.9 Å². The van der Waals surface area contributed by atoms with Crippen molar-refractivity contribution in [3.05, 3.63) is 0 Å². The number of aromatic nitrogens is 5. The van der Waals surface area contributed by atoms with E-state index in [1.807, 2.05) is 13.8 Å². The van der Waals surface area contributed by atoms with Gasteiger partial charge in [0.2, 0.25) is 17.8 Å². The van der Waals surface area contributed by atoms with Crippen molar-refractivity contribution >= 4 is 35.3 Å². The van der Waals surface area contributed by atoms with Gasteiger partial charge in [0, 0.05) is 25.7 Å². The molecule has 0 spiro atoms. The first-order valence-electron chi connectivity index (χ1n) is 10.8. The maximum Gasteiger partial charge on any atom is 0.261 e. The summed E-state index contributed by atoms with van der Waals surface area (Å²) in [5.74, 6) is 2.14. The molecule has 2 atom stereocenters. The van der Waals surface area contributed by atoms with Crippen molar-refractivity contribution in [1.29, 1.82) is 0 Å². The van der Waals surface area contributed by atoms with Gasteiger partial charge in [-0.2, -0.15) is 9.97 Å². The maximum absolute atomic E-state index is 13.1. The fraction of sp³-hybridized carbons (Fsp3) is 0.750. The zero-order valence-electron chi connectivity index (χ0n) is 18.5. The standard InChI is InChI=1S/C20H32N8OS/c1-6-21-15-23-16(22-7-2)28-17(24-15)25-26-18(28)30-10-14(29)27-12-20(5)9-13(27)8-19(3,4)11-20/h13H,6-12H2,1-5H3,(H2,21,22,23,24,25)/t13?,20-/m1/s1. The molecule has 2 fully saturated rings. The smallest absolute Gasteiger partial charge is 0.261 e. The lowest BCUT2D eigenvalue weighted by Gasteiger charge is -2.39. The van der Waals surface area contributed by atoms with Gasteiger partial charge in [-0.25, -0.2) is 4.40 Å². The number of hydrogen-bond donors (Lipinski definition) is 2. The molecule has 1 aliphatic heterocycles. The molecule has 0 aromatic carbocycles. The number of carbonyl (C=O) groups excluding carboxylic acids is 1. The maximum atomic E-state index is 13.1. The van der Waals surface area contributed by atoms with Crippen LogP contribution < -0.4 is 10.6 Å². The minimum absolute atomic E-state index is 0.179. The van der Waals surface area contributed by atoms with Crippen molar-refractivity contribution in [2.45, 2.75) is 65.1 Å². The minimum atomic E-state index is 0.179. The van der Waals surface area contributed by atoms with Crippen LogP contribution in [0.1, 0.15) is 53.9 Å². The van der Waals surface area contributed by atoms with Gasteiger partial charge in [-0.1, -0.05) is 32.5 Å². The summed E-state index contributed by atoms with van der Waals surface area (Å²) in [7, 11) is 0. The van der Waals surface area contributed by atoms with Crippen LogP contribution in [0.5, 0.6) is 0 Å². The van der Waals surface area contributed by atoms with E-state index >= 15 is 0 Å². The SMILES string of the molecule is CCNc1nc(NCC)n2c(SCC(=O)N3C[C@]4(C)CC3CC(C)(C)C4)nnc2n1. The molecule has 9 nitrogen and oxygen atoms in total. The van der Waals surface area contributed by atoms with Gasteiger partial charge in [-0.15, -0.1) is 10.2 Å². The number of nitrogens with one attached hydrogen (secondary N) is 2. The molecular weight excluding hydrogens is 400 g/mol. The van der Waals surface area contributed by atoms with E-state index in [2.05, 4.69) is 56.5 Å². The minimum Gasteiger partial charge on any atom is -0.355 e. The van der Waals surface area contributed by atoms with Gasteiger partial charge in [0.15, 0.2) is 5.16 Å². The highest BCUT2D eigenvalue weighted by atomic mass is 32.2. The molecule has 1 saturated carbocycles. The van der Waals surface area contributed by atoms with Crippen LogP contribution in [0.3, 0.4) is 0 Å². The molecule has 30 heavy (non-hydrogen) atoms. The predicted molar refractivity (Wildman–Crippen MR) is 119 cm³/mol. The van der Waals surface area contributed by atoms with Crippen LogP contribution in [0, 0.1) is 10.8 Å². The molecule has 1 saturated heterocycles. The Morgan fingerprint density at radius 3 is 2.63 bits per heavy atom. The first-order valence-corrected chi connectivity index (χ1v) is 11.8. The van der Waals surface area contributed by atoms with Gasteiger partial charge in [0.25, 0.3) is 5.78 Å². The van der Waals surface area contributed by atoms with Gasteiger partial charge in [-0.05, 0) is 43.9 Å². The lowest BCUT2D eigenvalue weighted by molar-refractivity contribution is -0.129. The molecule has 1 unspecified atom stereocenters. The van der Waals surface area contributed by atoms with Crippen molar-refractivity contribution in [2.75, 3.05) is 36.0 Å². The molecule has 4 rings (SSSR count). The number of carbonyl (C=O) groups is 1. The van der Waals surface area contributed by atoms with Crippen molar-refractivity contribution in [3.63, 3.8) is 0 Å². The van der Waals surface area contributed by atoms with Gasteiger partial charge in [0.1, 0.15) is 0 Å². The third-order valence-electron chi connectivity index (χ3n) is 5.98. The van der Waals surface area contributed by atoms with E-state index in [0.717, 1.165) is 25.9 Å². The molecular formula is C20H32N8OS. The quantitative estimate of drug-likeness (QED) is 0.644. The number of hydrogen-bond acceptors (Lipinski definition) is 8. The third kappa shape index (κ3) is 4.06. The van der Waals surface area contributed by atoms with Crippen LogP contribution >= 0.6 is 11.8 Å². The summed E-state index contributed by atoms with van der Waals surface area (Å²) in [5, 5.41) is 15.5. The molecule has 1 amide bonds. The molecule has 2 N–H and O–H groups in total. The molecule has 2 aromatic heterocycles. The second-order valence-corrected chi connectivity index (χ2v) is 10.5. The Morgan fingerprint density at radius 2 is 1.90 bits per heavy atom. The number of likely N-dealkylation sites (tertiary alicyclic amines) is 1. The molecule has 164 valence electrons. The Kier molecular flexibility index (Phi) is 5.54. The van der Waals surface area contributed by atoms with Gasteiger partial charge in [0.05, 0.1) is 5.75 Å². The van der Waals surface area contributed by atoms with Crippen molar-refractivity contribution in [2.24, 2.45) is 10.8 Å². The highest BCUT2D eigenvalue weighted by Crippen LogP contribution is 2.52. The first kappa shape index (κ1) is 21.1. The van der Waals surface area contributed by atoms with Crippen LogP contribution in [-0.4, -0.2) is 66.8 Å². The average molecular weight is 433 g/mol. The van der Waals surface area contributed by atoms with E-state index in [1.54, 1.807) is 4.40 Å². The van der Waals surface area contributed by atoms with E-state index < -0.39 is 0 Å². The van der Waals surface area contributed by atoms with Crippen LogP contribution in [0.25, 0.3) is 5.78 Å². The molecule has 2 aliphatic rings. The van der Waals surface area contributed by atoms with Crippen LogP contribution in [0.15, 0.2) is 5.16 Å². The fourth-order valence-corrected chi connectivity index (χ4v) is 6.17. The van der Waals surface area contributed by atoms with E-state index in [4.69, 9.17) is 0 Å². The second-order valence-electron chi connectivity index (χ2n) is 9.57. The third-order valence-corrected chi connectivity index (χ3v) is 6.89. The Bertz CT molecular complexity index is 944. The van der Waals surface area contributed by atoms with Crippen molar-refractivity contribution in [3.8, 4) is 0 Å². The number of fused-ring (bicyclic) bond motifs is 3. The van der Waals surface area contributed by atoms with Crippen LogP contribution in [0.2, 0.25) is 0 Å². The summed E-state index contributed by atoms with van der Waals surface area (Å²) in [6.45, 7) is 13.3. The number of thioether (sulfide) groups is 1. The summed E-state index contributed by atoms with van der Waals surface area (Å²) >= 11 is 1.40. The average Bonchev–Trinajstić information content (AvgIpc) is 3.17. The summed E-state index contributed by atoms with van der Waals surface area (Å²) in [4.78, 5) is 24.2. The zero-order chi connectivity index (χ0) is 21.5. The lowest BCUT2D eigenvalue weighted by atomic mass is 9.65. The largest absolute Gasteiger partial charge is 0.355 e. The Hall–Kier alpha value is -2.10. The Labute approximate surface area is 181 Å². The Balaban J connectivity index is 1.51. The second kappa shape index (κ2) is 7.86. The normalized spacial score (nSPS) is 25.0. The van der Waals surface area contributed by atoms with E-state index in [9.17, 15) is 4.79 Å². The highest BCUT2D eigenvalue weighted by Gasteiger charge is 2.50. The van der Waals surface area contributed by atoms with Gasteiger partial charge in [-0.3, -0.25) is 4.79 Å². The first-order chi connectivity index (χ1) is 14.2. The number of amides is 1. The summed E-state index contributed by atoms with van der Waals surface area (Å²) < 4.78 is 1.79. The molecule has 1 aliphatic carbocycles. The van der Waals surface area contributed by atoms with Crippen molar-refractivity contribution in [1.82, 2.24) is 29.5 Å². The zero-order valence-corrected chi connectivity index (χ0v) is 19.3. The topological polar surface area (TPSA) is 100 Å². The van der Waals surface area contributed by atoms with E-state index in [1.165, 1.54) is 18.2 Å². The van der Waals surface area contributed by atoms with E-state index in [0.29, 0.717) is 46.6 Å². The molecule has 3 heterocycles. The molecule has 0 radical (unpaired) electrons. The number of anilines is 2. The fourth-order valence-electron chi connectivity index (χ4n) is 5.36. The highest BCUT2D eigenvalue weighted by molar-refractivity contribution is 7.99. The summed E-state index contributed by atoms with van der Waals surface area (Å²) in [5.41, 5.74) is 0.536. The van der Waals surface area contributed by atoms with Gasteiger partial charge < -0.3 is 15.5 Å². The predicted octanol–water partition coefficient (Wildman–Crippen LogP) is 2.90. The molecule has 10 heteroatoms. The van der Waals surface area contributed by atoms with Gasteiger partial charge >= 0.3 is 0 Å². The van der Waals surface area contributed by atoms with Crippen molar-refractivity contribution < 1.29 is 4.79 Å². The molecule has 2 bridgehead atoms. The summed E-state index contributed by atoms with van der Waals surface area (Å²) in [6, 6.07) is 0.352. The lowest BCUT2D eigenvalue weighted by Crippen LogP contribution is -2.38. The monoisotopic (exact) mass is 432 g/mol.